The molecule has 0 bridgehead atoms. The summed E-state index contributed by atoms with van der Waals surface area (Å²) in [6, 6.07) is 4.25. The molecule has 1 aliphatic rings. The van der Waals surface area contributed by atoms with Crippen LogP contribution in [0.5, 0.6) is 0 Å². The first-order valence-corrected chi connectivity index (χ1v) is 7.70. The van der Waals surface area contributed by atoms with Gasteiger partial charge in [-0.05, 0) is 49.8 Å². The molecule has 4 nitrogen and oxygen atoms in total. The fourth-order valence-electron chi connectivity index (χ4n) is 3.11. The summed E-state index contributed by atoms with van der Waals surface area (Å²) in [5.41, 5.74) is 0.861. The summed E-state index contributed by atoms with van der Waals surface area (Å²) in [6.45, 7) is 2.27. The zero-order valence-electron chi connectivity index (χ0n) is 12.8. The predicted octanol–water partition coefficient (Wildman–Crippen LogP) is 3.58. The van der Waals surface area contributed by atoms with Crippen molar-refractivity contribution in [2.45, 2.75) is 45.1 Å². The molecule has 1 fully saturated rings. The summed E-state index contributed by atoms with van der Waals surface area (Å²) in [5, 5.41) is 8.79. The molecule has 4 heteroatoms. The second-order valence-electron chi connectivity index (χ2n) is 5.78. The SMILES string of the molecule is CCC1CCC(N(C)c2ncccc2/C=C/C(=O)O)CC1. The number of hydrogen-bond acceptors (Lipinski definition) is 3. The van der Waals surface area contributed by atoms with Crippen LogP contribution in [0.3, 0.4) is 0 Å². The first-order chi connectivity index (χ1) is 10.1. The van der Waals surface area contributed by atoms with E-state index in [1.54, 1.807) is 12.3 Å². The molecule has 0 aromatic carbocycles. The Hall–Kier alpha value is -1.84. The van der Waals surface area contributed by atoms with Crippen molar-refractivity contribution in [3.8, 4) is 0 Å². The lowest BCUT2D eigenvalue weighted by atomic mass is 9.84. The summed E-state index contributed by atoms with van der Waals surface area (Å²) in [6.07, 6.45) is 10.8. The van der Waals surface area contributed by atoms with E-state index in [0.717, 1.165) is 17.3 Å². The van der Waals surface area contributed by atoms with Crippen molar-refractivity contribution < 1.29 is 9.90 Å². The highest BCUT2D eigenvalue weighted by Crippen LogP contribution is 2.31. The summed E-state index contributed by atoms with van der Waals surface area (Å²) >= 11 is 0. The molecule has 114 valence electrons. The third kappa shape index (κ3) is 4.06. The maximum absolute atomic E-state index is 10.7. The Labute approximate surface area is 126 Å². The van der Waals surface area contributed by atoms with E-state index in [1.807, 2.05) is 12.1 Å². The predicted molar refractivity (Wildman–Crippen MR) is 85.3 cm³/mol. The van der Waals surface area contributed by atoms with Gasteiger partial charge in [0.25, 0.3) is 0 Å². The molecule has 1 aromatic heterocycles. The Morgan fingerprint density at radius 1 is 1.43 bits per heavy atom. The highest BCUT2D eigenvalue weighted by Gasteiger charge is 2.24. The number of pyridine rings is 1. The van der Waals surface area contributed by atoms with Gasteiger partial charge < -0.3 is 10.0 Å². The lowest BCUT2D eigenvalue weighted by Crippen LogP contribution is -2.36. The van der Waals surface area contributed by atoms with Crippen molar-refractivity contribution in [1.82, 2.24) is 4.98 Å². The zero-order chi connectivity index (χ0) is 15.2. The van der Waals surface area contributed by atoms with E-state index in [1.165, 1.54) is 38.2 Å². The topological polar surface area (TPSA) is 53.4 Å². The average Bonchev–Trinajstić information content (AvgIpc) is 2.52. The third-order valence-electron chi connectivity index (χ3n) is 4.50. The van der Waals surface area contributed by atoms with E-state index >= 15 is 0 Å². The molecular weight excluding hydrogens is 264 g/mol. The Balaban J connectivity index is 2.12. The van der Waals surface area contributed by atoms with Gasteiger partial charge in [0.2, 0.25) is 0 Å². The summed E-state index contributed by atoms with van der Waals surface area (Å²) in [5.74, 6) is 0.801. The van der Waals surface area contributed by atoms with Crippen LogP contribution in [-0.2, 0) is 4.79 Å². The summed E-state index contributed by atoms with van der Waals surface area (Å²) in [7, 11) is 2.07. The molecule has 21 heavy (non-hydrogen) atoms. The lowest BCUT2D eigenvalue weighted by molar-refractivity contribution is -0.131. The zero-order valence-corrected chi connectivity index (χ0v) is 12.8. The number of carboxylic acids is 1. The van der Waals surface area contributed by atoms with Crippen LogP contribution in [-0.4, -0.2) is 29.1 Å². The average molecular weight is 288 g/mol. The number of carbonyl (C=O) groups is 1. The summed E-state index contributed by atoms with van der Waals surface area (Å²) in [4.78, 5) is 17.4. The second-order valence-corrected chi connectivity index (χ2v) is 5.78. The second kappa shape index (κ2) is 7.25. The van der Waals surface area contributed by atoms with Crippen molar-refractivity contribution in [3.63, 3.8) is 0 Å². The molecule has 1 saturated carbocycles. The molecule has 0 spiro atoms. The van der Waals surface area contributed by atoms with Crippen LogP contribution in [0.1, 0.15) is 44.6 Å². The van der Waals surface area contributed by atoms with Crippen LogP contribution in [0.4, 0.5) is 5.82 Å². The van der Waals surface area contributed by atoms with Crippen molar-refractivity contribution in [1.29, 1.82) is 0 Å². The van der Waals surface area contributed by atoms with Gasteiger partial charge in [0.1, 0.15) is 5.82 Å². The molecule has 0 unspecified atom stereocenters. The minimum atomic E-state index is -0.934. The van der Waals surface area contributed by atoms with E-state index in [4.69, 9.17) is 5.11 Å². The van der Waals surface area contributed by atoms with Crippen LogP contribution >= 0.6 is 0 Å². The van der Waals surface area contributed by atoms with Crippen LogP contribution in [0.2, 0.25) is 0 Å². The standard InChI is InChI=1S/C17H24N2O2/c1-3-13-6-9-15(10-7-13)19(2)17-14(5-4-12-18-17)8-11-16(20)21/h4-5,8,11-13,15H,3,6-7,9-10H2,1-2H3,(H,20,21)/b11-8+. The Morgan fingerprint density at radius 2 is 2.14 bits per heavy atom. The Morgan fingerprint density at radius 3 is 2.76 bits per heavy atom. The van der Waals surface area contributed by atoms with Gasteiger partial charge >= 0.3 is 5.97 Å². The number of rotatable bonds is 5. The highest BCUT2D eigenvalue weighted by atomic mass is 16.4. The molecule has 1 heterocycles. The largest absolute Gasteiger partial charge is 0.478 e. The van der Waals surface area contributed by atoms with Gasteiger partial charge in [-0.3, -0.25) is 0 Å². The number of anilines is 1. The van der Waals surface area contributed by atoms with Gasteiger partial charge in [0.05, 0.1) is 0 Å². The molecule has 0 aliphatic heterocycles. The highest BCUT2D eigenvalue weighted by molar-refractivity contribution is 5.86. The summed E-state index contributed by atoms with van der Waals surface area (Å²) < 4.78 is 0. The molecular formula is C17H24N2O2. The minimum Gasteiger partial charge on any atom is -0.478 e. The van der Waals surface area contributed by atoms with Crippen LogP contribution in [0.15, 0.2) is 24.4 Å². The van der Waals surface area contributed by atoms with Gasteiger partial charge in [0.15, 0.2) is 0 Å². The Bertz CT molecular complexity index is 505. The van der Waals surface area contributed by atoms with Crippen molar-refractivity contribution in [3.05, 3.63) is 30.0 Å². The fraction of sp³-hybridized carbons (Fsp3) is 0.529. The van der Waals surface area contributed by atoms with Gasteiger partial charge in [-0.25, -0.2) is 9.78 Å². The van der Waals surface area contributed by atoms with E-state index in [2.05, 4.69) is 23.9 Å². The normalized spacial score (nSPS) is 22.4. The molecule has 0 amide bonds. The monoisotopic (exact) mass is 288 g/mol. The first-order valence-electron chi connectivity index (χ1n) is 7.70. The number of carboxylic acid groups (broad SMARTS) is 1. The van der Waals surface area contributed by atoms with Gasteiger partial charge in [-0.2, -0.15) is 0 Å². The van der Waals surface area contributed by atoms with Crippen molar-refractivity contribution in [2.75, 3.05) is 11.9 Å². The number of aromatic nitrogens is 1. The molecule has 0 radical (unpaired) electrons. The maximum atomic E-state index is 10.7. The molecule has 0 saturated heterocycles. The van der Waals surface area contributed by atoms with E-state index in [-0.39, 0.29) is 0 Å². The molecule has 0 atom stereocenters. The quantitative estimate of drug-likeness (QED) is 0.841. The Kier molecular flexibility index (Phi) is 5.37. The first kappa shape index (κ1) is 15.5. The number of hydrogen-bond donors (Lipinski definition) is 1. The van der Waals surface area contributed by atoms with Crippen LogP contribution in [0, 0.1) is 5.92 Å². The maximum Gasteiger partial charge on any atom is 0.328 e. The van der Waals surface area contributed by atoms with E-state index < -0.39 is 5.97 Å². The smallest absolute Gasteiger partial charge is 0.328 e. The van der Waals surface area contributed by atoms with E-state index in [0.29, 0.717) is 6.04 Å². The van der Waals surface area contributed by atoms with Crippen molar-refractivity contribution in [2.24, 2.45) is 5.92 Å². The van der Waals surface area contributed by atoms with Gasteiger partial charge in [-0.15, -0.1) is 0 Å². The van der Waals surface area contributed by atoms with Crippen LogP contribution in [0.25, 0.3) is 6.08 Å². The molecule has 2 rings (SSSR count). The van der Waals surface area contributed by atoms with E-state index in [9.17, 15) is 4.79 Å². The molecule has 1 aliphatic carbocycles. The molecule has 1 aromatic rings. The fourth-order valence-corrected chi connectivity index (χ4v) is 3.11. The van der Waals surface area contributed by atoms with Crippen LogP contribution < -0.4 is 4.90 Å². The minimum absolute atomic E-state index is 0.500. The van der Waals surface area contributed by atoms with Gasteiger partial charge in [0, 0.05) is 30.9 Å². The number of nitrogens with zero attached hydrogens (tertiary/aromatic N) is 2. The number of aliphatic carboxylic acids is 1. The van der Waals surface area contributed by atoms with Crippen molar-refractivity contribution >= 4 is 17.9 Å². The van der Waals surface area contributed by atoms with Gasteiger partial charge in [-0.1, -0.05) is 13.3 Å². The lowest BCUT2D eigenvalue weighted by Gasteiger charge is -2.35. The molecule has 1 N–H and O–H groups in total. The third-order valence-corrected chi connectivity index (χ3v) is 4.50.